The average Bonchev–Trinajstić information content (AvgIpc) is 3.26. The number of hydrogen-bond donors (Lipinski definition) is 5. The Hall–Kier alpha value is -4.20. The molecule has 3 aromatic rings. The topological polar surface area (TPSA) is 180 Å². The van der Waals surface area contributed by atoms with Crippen LogP contribution < -0.4 is 21.1 Å². The molecule has 0 radical (unpaired) electrons. The molecule has 45 heavy (non-hydrogen) atoms. The Bertz CT molecular complexity index is 1690. The van der Waals surface area contributed by atoms with Crippen molar-refractivity contribution in [3.63, 3.8) is 0 Å². The van der Waals surface area contributed by atoms with Gasteiger partial charge in [-0.15, -0.1) is 0 Å². The van der Waals surface area contributed by atoms with E-state index in [1.54, 1.807) is 19.2 Å². The van der Waals surface area contributed by atoms with Crippen molar-refractivity contribution < 1.29 is 41.8 Å². The van der Waals surface area contributed by atoms with E-state index in [4.69, 9.17) is 10.5 Å². The highest BCUT2D eigenvalue weighted by molar-refractivity contribution is 7.50. The van der Waals surface area contributed by atoms with Crippen molar-refractivity contribution in [1.82, 2.24) is 14.9 Å². The number of fused-ring (bicyclic) bond motifs is 1. The van der Waals surface area contributed by atoms with E-state index in [0.717, 1.165) is 11.1 Å². The van der Waals surface area contributed by atoms with E-state index in [1.807, 2.05) is 0 Å². The first-order chi connectivity index (χ1) is 21.1. The quantitative estimate of drug-likeness (QED) is 0.198. The SMILES string of the molecule is COc1cc(CP(=O)(O)O)ccc1Nc1ncc(C(F)(F)F)c(Nc2ccc([C@H]3CC[C@@H](C(N)=O)CC3)c3c2C(=O)N(C)C3)n1. The summed E-state index contributed by atoms with van der Waals surface area (Å²) in [7, 11) is -1.41. The smallest absolute Gasteiger partial charge is 0.421 e. The van der Waals surface area contributed by atoms with Gasteiger partial charge in [-0.2, -0.15) is 18.2 Å². The van der Waals surface area contributed by atoms with Crippen LogP contribution in [0.25, 0.3) is 0 Å². The first kappa shape index (κ1) is 32.2. The van der Waals surface area contributed by atoms with Crippen LogP contribution >= 0.6 is 7.60 Å². The molecule has 12 nitrogen and oxygen atoms in total. The highest BCUT2D eigenvalue weighted by atomic mass is 31.2. The van der Waals surface area contributed by atoms with Gasteiger partial charge >= 0.3 is 13.8 Å². The van der Waals surface area contributed by atoms with Gasteiger partial charge in [-0.25, -0.2) is 4.98 Å². The van der Waals surface area contributed by atoms with Gasteiger partial charge in [-0.3, -0.25) is 14.2 Å². The van der Waals surface area contributed by atoms with E-state index >= 15 is 0 Å². The minimum atomic E-state index is -4.83. The Kier molecular flexibility index (Phi) is 8.80. The second kappa shape index (κ2) is 12.3. The fourth-order valence-corrected chi connectivity index (χ4v) is 6.59. The highest BCUT2D eigenvalue weighted by Gasteiger charge is 2.38. The summed E-state index contributed by atoms with van der Waals surface area (Å²) in [5, 5.41) is 5.53. The minimum absolute atomic E-state index is 0.0753. The third kappa shape index (κ3) is 7.05. The van der Waals surface area contributed by atoms with Crippen LogP contribution in [0.15, 0.2) is 36.5 Å². The zero-order chi connectivity index (χ0) is 32.7. The molecule has 1 aromatic heterocycles. The molecule has 16 heteroatoms. The molecule has 0 atom stereocenters. The van der Waals surface area contributed by atoms with Crippen molar-refractivity contribution in [3.8, 4) is 5.75 Å². The Balaban J connectivity index is 1.48. The summed E-state index contributed by atoms with van der Waals surface area (Å²) in [5.74, 6) is -1.45. The number of nitrogens with two attached hydrogens (primary N) is 1. The van der Waals surface area contributed by atoms with E-state index in [1.165, 1.54) is 30.2 Å². The lowest BCUT2D eigenvalue weighted by Gasteiger charge is -2.28. The molecule has 1 saturated carbocycles. The number of benzene rings is 2. The van der Waals surface area contributed by atoms with Gasteiger partial charge in [0.15, 0.2) is 0 Å². The molecule has 5 rings (SSSR count). The molecule has 1 aliphatic heterocycles. The number of amides is 2. The zero-order valence-electron chi connectivity index (χ0n) is 24.4. The number of methoxy groups -OCH3 is 1. The number of hydrogen-bond acceptors (Lipinski definition) is 8. The molecule has 2 amide bonds. The Morgan fingerprint density at radius 2 is 1.82 bits per heavy atom. The van der Waals surface area contributed by atoms with Gasteiger partial charge in [0.05, 0.1) is 30.2 Å². The maximum absolute atomic E-state index is 14.1. The molecule has 1 aliphatic carbocycles. The van der Waals surface area contributed by atoms with E-state index in [9.17, 15) is 37.1 Å². The number of nitrogens with one attached hydrogen (secondary N) is 2. The molecule has 6 N–H and O–H groups in total. The molecule has 0 bridgehead atoms. The van der Waals surface area contributed by atoms with Gasteiger partial charge in [-0.05, 0) is 66.5 Å². The number of ether oxygens (including phenoxy) is 1. The molecule has 240 valence electrons. The third-order valence-electron chi connectivity index (χ3n) is 8.12. The predicted molar refractivity (Wildman–Crippen MR) is 158 cm³/mol. The summed E-state index contributed by atoms with van der Waals surface area (Å²) >= 11 is 0. The number of rotatable bonds is 9. The van der Waals surface area contributed by atoms with Gasteiger partial charge in [0, 0.05) is 25.7 Å². The summed E-state index contributed by atoms with van der Waals surface area (Å²) in [6.07, 6.45) is -2.08. The Morgan fingerprint density at radius 1 is 1.13 bits per heavy atom. The van der Waals surface area contributed by atoms with Crippen LogP contribution in [0, 0.1) is 5.92 Å². The van der Waals surface area contributed by atoms with E-state index < -0.39 is 31.3 Å². The van der Waals surface area contributed by atoms with Gasteiger partial charge in [0.1, 0.15) is 17.1 Å². The lowest BCUT2D eigenvalue weighted by Crippen LogP contribution is -2.27. The first-order valence-electron chi connectivity index (χ1n) is 14.0. The lowest BCUT2D eigenvalue weighted by atomic mass is 9.76. The fourth-order valence-electron chi connectivity index (χ4n) is 5.92. The van der Waals surface area contributed by atoms with Crippen LogP contribution in [-0.2, 0) is 28.2 Å². The summed E-state index contributed by atoms with van der Waals surface area (Å²) in [5.41, 5.74) is 6.91. The van der Waals surface area contributed by atoms with E-state index in [2.05, 4.69) is 20.6 Å². The normalized spacial score (nSPS) is 18.5. The first-order valence-corrected chi connectivity index (χ1v) is 15.8. The van der Waals surface area contributed by atoms with Crippen LogP contribution in [0.5, 0.6) is 5.75 Å². The lowest BCUT2D eigenvalue weighted by molar-refractivity contribution is -0.137. The van der Waals surface area contributed by atoms with Crippen molar-refractivity contribution in [2.75, 3.05) is 24.8 Å². The third-order valence-corrected chi connectivity index (χ3v) is 8.90. The highest BCUT2D eigenvalue weighted by Crippen LogP contribution is 2.44. The molecule has 2 heterocycles. The monoisotopic (exact) mass is 648 g/mol. The molecular weight excluding hydrogens is 616 g/mol. The number of halogens is 3. The number of primary amides is 1. The van der Waals surface area contributed by atoms with Gasteiger partial charge in [0.25, 0.3) is 5.91 Å². The molecule has 2 aliphatic rings. The van der Waals surface area contributed by atoms with Crippen LogP contribution in [-0.4, -0.2) is 50.6 Å². The fraction of sp³-hybridized carbons (Fsp3) is 0.379. The number of carbonyl (C=O) groups is 2. The van der Waals surface area contributed by atoms with Gasteiger partial charge in [-0.1, -0.05) is 12.1 Å². The zero-order valence-corrected chi connectivity index (χ0v) is 25.3. The maximum atomic E-state index is 14.1. The average molecular weight is 649 g/mol. The summed E-state index contributed by atoms with van der Waals surface area (Å²) in [4.78, 5) is 52.9. The summed E-state index contributed by atoms with van der Waals surface area (Å²) in [6, 6.07) is 7.64. The molecule has 0 spiro atoms. The van der Waals surface area contributed by atoms with Crippen molar-refractivity contribution in [1.29, 1.82) is 0 Å². The number of aromatic nitrogens is 2. The van der Waals surface area contributed by atoms with E-state index in [-0.39, 0.29) is 64.4 Å². The van der Waals surface area contributed by atoms with Crippen molar-refractivity contribution >= 4 is 42.6 Å². The molecular formula is C29H32F3N6O6P. The maximum Gasteiger partial charge on any atom is 0.421 e. The van der Waals surface area contributed by atoms with Crippen LogP contribution in [0.4, 0.5) is 36.3 Å². The second-order valence-electron chi connectivity index (χ2n) is 11.2. The molecule has 0 saturated heterocycles. The predicted octanol–water partition coefficient (Wildman–Crippen LogP) is 5.01. The Morgan fingerprint density at radius 3 is 2.44 bits per heavy atom. The van der Waals surface area contributed by atoms with E-state index in [0.29, 0.717) is 31.9 Å². The van der Waals surface area contributed by atoms with Crippen molar-refractivity contribution in [3.05, 3.63) is 64.3 Å². The number of carbonyl (C=O) groups excluding carboxylic acids is 2. The number of nitrogens with zero attached hydrogens (tertiary/aromatic N) is 3. The summed E-state index contributed by atoms with van der Waals surface area (Å²) in [6.45, 7) is 0.287. The van der Waals surface area contributed by atoms with Crippen LogP contribution in [0.2, 0.25) is 0 Å². The number of alkyl halides is 3. The number of anilines is 4. The van der Waals surface area contributed by atoms with Crippen LogP contribution in [0.3, 0.4) is 0 Å². The second-order valence-corrected chi connectivity index (χ2v) is 12.9. The van der Waals surface area contributed by atoms with Crippen molar-refractivity contribution in [2.45, 2.75) is 50.5 Å². The van der Waals surface area contributed by atoms with Gasteiger partial charge in [0.2, 0.25) is 11.9 Å². The van der Waals surface area contributed by atoms with Crippen LogP contribution in [0.1, 0.15) is 64.2 Å². The molecule has 1 fully saturated rings. The summed E-state index contributed by atoms with van der Waals surface area (Å²) < 4.78 is 58.9. The molecule has 2 aromatic carbocycles. The minimum Gasteiger partial charge on any atom is -0.495 e. The standard InChI is InChI=1S/C29H32F3N6O6P/c1-38-13-19-18(16-4-6-17(7-5-16)25(33)39)8-10-22(24(19)27(38)40)35-26-20(29(30,31)32)12-34-28(37-26)36-21-9-3-15(11-23(21)44-2)14-45(41,42)43/h3,8-12,16-17H,4-7,13-14H2,1-2H3,(H2,33,39)(H2,41,42,43)(H2,34,35,36,37)/t16-,17+. The van der Waals surface area contributed by atoms with Gasteiger partial charge < -0.3 is 35.8 Å². The molecule has 0 unspecified atom stereocenters. The Labute approximate surface area is 256 Å². The van der Waals surface area contributed by atoms with Crippen molar-refractivity contribution in [2.24, 2.45) is 11.7 Å². The largest absolute Gasteiger partial charge is 0.495 e.